The van der Waals surface area contributed by atoms with E-state index in [4.69, 9.17) is 11.6 Å². The van der Waals surface area contributed by atoms with E-state index in [1.54, 1.807) is 41.8 Å². The first-order valence-corrected chi connectivity index (χ1v) is 8.43. The van der Waals surface area contributed by atoms with Crippen molar-refractivity contribution in [2.24, 2.45) is 7.05 Å². The summed E-state index contributed by atoms with van der Waals surface area (Å²) in [5.41, 5.74) is 3.17. The lowest BCUT2D eigenvalue weighted by Gasteiger charge is -2.07. The number of hydrogen-bond donors (Lipinski definition) is 0. The van der Waals surface area contributed by atoms with Crippen LogP contribution in [0.5, 0.6) is 0 Å². The Hall–Kier alpha value is -1.78. The molecule has 0 saturated heterocycles. The maximum Gasteiger partial charge on any atom is 0.250 e. The van der Waals surface area contributed by atoms with Gasteiger partial charge in [-0.1, -0.05) is 17.7 Å². The van der Waals surface area contributed by atoms with Crippen molar-refractivity contribution in [3.8, 4) is 0 Å². The van der Waals surface area contributed by atoms with Gasteiger partial charge in [0.15, 0.2) is 0 Å². The van der Waals surface area contributed by atoms with E-state index >= 15 is 0 Å². The highest BCUT2D eigenvalue weighted by molar-refractivity contribution is 7.97. The molecular weight excluding hydrogens is 316 g/mol. The zero-order valence-electron chi connectivity index (χ0n) is 12.1. The van der Waals surface area contributed by atoms with Gasteiger partial charge < -0.3 is 4.57 Å². The van der Waals surface area contributed by atoms with Crippen molar-refractivity contribution < 1.29 is 0 Å². The van der Waals surface area contributed by atoms with E-state index in [-0.39, 0.29) is 5.56 Å². The number of halogens is 1. The van der Waals surface area contributed by atoms with Crippen LogP contribution in [0.15, 0.2) is 53.6 Å². The minimum atomic E-state index is 0.0213. The molecule has 3 aromatic rings. The van der Waals surface area contributed by atoms with Gasteiger partial charge in [0.25, 0.3) is 5.56 Å². The minimum Gasteiger partial charge on any atom is -0.319 e. The topological polar surface area (TPSA) is 34.9 Å². The van der Waals surface area contributed by atoms with Gasteiger partial charge in [-0.05, 0) is 35.4 Å². The number of pyridine rings is 2. The lowest BCUT2D eigenvalue weighted by Crippen LogP contribution is -2.14. The zero-order valence-corrected chi connectivity index (χ0v) is 13.7. The van der Waals surface area contributed by atoms with Gasteiger partial charge in [0.05, 0.1) is 5.52 Å². The van der Waals surface area contributed by atoms with Gasteiger partial charge in [-0.25, -0.2) is 0 Å². The van der Waals surface area contributed by atoms with Gasteiger partial charge in [0.2, 0.25) is 0 Å². The summed E-state index contributed by atoms with van der Waals surface area (Å²) in [5.74, 6) is 1.60. The van der Waals surface area contributed by atoms with Crippen LogP contribution in [0.25, 0.3) is 10.9 Å². The van der Waals surface area contributed by atoms with E-state index in [0.717, 1.165) is 38.6 Å². The molecular formula is C17H15ClN2OS. The Labute approximate surface area is 138 Å². The predicted octanol–water partition coefficient (Wildman–Crippen LogP) is 4.02. The average molecular weight is 331 g/mol. The fraction of sp³-hybridized carbons (Fsp3) is 0.176. The smallest absolute Gasteiger partial charge is 0.250 e. The second-order valence-corrected chi connectivity index (χ2v) is 6.54. The lowest BCUT2D eigenvalue weighted by molar-refractivity contribution is 0.855. The normalized spacial score (nSPS) is 11.0. The maximum absolute atomic E-state index is 11.6. The van der Waals surface area contributed by atoms with Crippen LogP contribution in [0, 0.1) is 0 Å². The Morgan fingerprint density at radius 2 is 2.09 bits per heavy atom. The third-order valence-electron chi connectivity index (χ3n) is 3.44. The average Bonchev–Trinajstić information content (AvgIpc) is 2.50. The van der Waals surface area contributed by atoms with Gasteiger partial charge in [-0.2, -0.15) is 11.8 Å². The van der Waals surface area contributed by atoms with Crippen molar-refractivity contribution in [3.05, 3.63) is 75.3 Å². The summed E-state index contributed by atoms with van der Waals surface area (Å²) in [4.78, 5) is 16.1. The quantitative estimate of drug-likeness (QED) is 0.724. The van der Waals surface area contributed by atoms with Gasteiger partial charge in [-0.15, -0.1) is 0 Å². The second kappa shape index (κ2) is 6.55. The summed E-state index contributed by atoms with van der Waals surface area (Å²) < 4.78 is 1.57. The highest BCUT2D eigenvalue weighted by Gasteiger charge is 2.05. The number of benzene rings is 1. The number of aromatic nitrogens is 2. The minimum absolute atomic E-state index is 0.0213. The molecule has 0 aliphatic carbocycles. The Kier molecular flexibility index (Phi) is 4.50. The molecule has 0 unspecified atom stereocenters. The second-order valence-electron chi connectivity index (χ2n) is 5.12. The SMILES string of the molecule is Cn1ccc(CSCc2cc(Cl)cc3cccnc23)cc1=O. The van der Waals surface area contributed by atoms with Crippen LogP contribution >= 0.6 is 23.4 Å². The number of aryl methyl sites for hydroxylation is 1. The Morgan fingerprint density at radius 3 is 2.91 bits per heavy atom. The molecule has 0 radical (unpaired) electrons. The zero-order chi connectivity index (χ0) is 15.5. The number of nitrogens with zero attached hydrogens (tertiary/aromatic N) is 2. The van der Waals surface area contributed by atoms with Crippen LogP contribution in [-0.2, 0) is 18.6 Å². The lowest BCUT2D eigenvalue weighted by atomic mass is 10.1. The summed E-state index contributed by atoms with van der Waals surface area (Å²) >= 11 is 7.93. The fourth-order valence-electron chi connectivity index (χ4n) is 2.30. The maximum atomic E-state index is 11.6. The molecule has 0 saturated carbocycles. The number of hydrogen-bond acceptors (Lipinski definition) is 3. The van der Waals surface area contributed by atoms with Crippen molar-refractivity contribution in [1.82, 2.24) is 9.55 Å². The van der Waals surface area contributed by atoms with Crippen LogP contribution in [0.4, 0.5) is 0 Å². The molecule has 5 heteroatoms. The van der Waals surface area contributed by atoms with Gasteiger partial charge in [-0.3, -0.25) is 9.78 Å². The van der Waals surface area contributed by atoms with Crippen LogP contribution in [0.1, 0.15) is 11.1 Å². The van der Waals surface area contributed by atoms with E-state index in [2.05, 4.69) is 4.98 Å². The fourth-order valence-corrected chi connectivity index (χ4v) is 3.50. The van der Waals surface area contributed by atoms with Gasteiger partial charge in [0.1, 0.15) is 0 Å². The van der Waals surface area contributed by atoms with E-state index in [1.165, 1.54) is 0 Å². The van der Waals surface area contributed by atoms with Gasteiger partial charge >= 0.3 is 0 Å². The van der Waals surface area contributed by atoms with Gasteiger partial charge in [0, 0.05) is 47.4 Å². The summed E-state index contributed by atoms with van der Waals surface area (Å²) in [5, 5.41) is 1.78. The Bertz CT molecular complexity index is 876. The number of fused-ring (bicyclic) bond motifs is 1. The van der Waals surface area contributed by atoms with Crippen LogP contribution in [0.3, 0.4) is 0 Å². The molecule has 0 N–H and O–H groups in total. The highest BCUT2D eigenvalue weighted by atomic mass is 35.5. The molecule has 0 spiro atoms. The molecule has 0 amide bonds. The van der Waals surface area contributed by atoms with E-state index in [0.29, 0.717) is 0 Å². The van der Waals surface area contributed by atoms with E-state index in [9.17, 15) is 4.79 Å². The molecule has 0 aliphatic rings. The standard InChI is InChI=1S/C17H15ClN2OS/c1-20-6-4-12(7-16(20)21)10-22-11-14-9-15(18)8-13-3-2-5-19-17(13)14/h2-9H,10-11H2,1H3. The first kappa shape index (κ1) is 15.1. The third-order valence-corrected chi connectivity index (χ3v) is 4.71. The third kappa shape index (κ3) is 3.34. The molecule has 0 bridgehead atoms. The van der Waals surface area contributed by atoms with Crippen molar-refractivity contribution in [3.63, 3.8) is 0 Å². The van der Waals surface area contributed by atoms with Crippen molar-refractivity contribution in [1.29, 1.82) is 0 Å². The highest BCUT2D eigenvalue weighted by Crippen LogP contribution is 2.26. The Balaban J connectivity index is 1.76. The molecule has 1 aromatic carbocycles. The molecule has 112 valence electrons. The summed E-state index contributed by atoms with van der Waals surface area (Å²) in [6.45, 7) is 0. The largest absolute Gasteiger partial charge is 0.319 e. The van der Waals surface area contributed by atoms with Crippen molar-refractivity contribution in [2.45, 2.75) is 11.5 Å². The first-order valence-electron chi connectivity index (χ1n) is 6.90. The van der Waals surface area contributed by atoms with E-state index in [1.807, 2.05) is 30.3 Å². The number of rotatable bonds is 4. The van der Waals surface area contributed by atoms with Crippen LogP contribution < -0.4 is 5.56 Å². The van der Waals surface area contributed by atoms with Crippen molar-refractivity contribution in [2.75, 3.05) is 0 Å². The molecule has 3 nitrogen and oxygen atoms in total. The van der Waals surface area contributed by atoms with E-state index < -0.39 is 0 Å². The molecule has 0 fully saturated rings. The Morgan fingerprint density at radius 1 is 1.23 bits per heavy atom. The molecule has 2 heterocycles. The molecule has 3 rings (SSSR count). The predicted molar refractivity (Wildman–Crippen MR) is 93.4 cm³/mol. The summed E-state index contributed by atoms with van der Waals surface area (Å²) in [7, 11) is 1.75. The first-order chi connectivity index (χ1) is 10.6. The molecule has 0 atom stereocenters. The summed E-state index contributed by atoms with van der Waals surface area (Å²) in [6, 6.07) is 11.5. The molecule has 22 heavy (non-hydrogen) atoms. The van der Waals surface area contributed by atoms with Crippen LogP contribution in [-0.4, -0.2) is 9.55 Å². The molecule has 2 aromatic heterocycles. The molecule has 0 aliphatic heterocycles. The van der Waals surface area contributed by atoms with Crippen LogP contribution in [0.2, 0.25) is 5.02 Å². The van der Waals surface area contributed by atoms with Crippen molar-refractivity contribution >= 4 is 34.3 Å². The number of thioether (sulfide) groups is 1. The summed E-state index contributed by atoms with van der Waals surface area (Å²) in [6.07, 6.45) is 3.60. The monoisotopic (exact) mass is 330 g/mol.